The number of benzene rings is 1. The van der Waals surface area contributed by atoms with Crippen molar-refractivity contribution in [2.45, 2.75) is 6.18 Å². The lowest BCUT2D eigenvalue weighted by Crippen LogP contribution is -2.07. The van der Waals surface area contributed by atoms with Crippen LogP contribution in [0.4, 0.5) is 17.6 Å². The Bertz CT molecular complexity index is 829. The van der Waals surface area contributed by atoms with Gasteiger partial charge in [-0.25, -0.2) is 14.4 Å². The Labute approximate surface area is 125 Å². The van der Waals surface area contributed by atoms with Crippen LogP contribution in [0.5, 0.6) is 0 Å². The van der Waals surface area contributed by atoms with E-state index in [1.165, 1.54) is 12.4 Å². The van der Waals surface area contributed by atoms with E-state index >= 15 is 0 Å². The van der Waals surface area contributed by atoms with E-state index in [9.17, 15) is 17.6 Å². The van der Waals surface area contributed by atoms with Gasteiger partial charge in [0.2, 0.25) is 0 Å². The van der Waals surface area contributed by atoms with Gasteiger partial charge in [-0.1, -0.05) is 17.7 Å². The number of fused-ring (bicyclic) bond motifs is 1. The first-order chi connectivity index (χ1) is 9.86. The molecular weight excluding hydrogens is 328 g/mol. The highest BCUT2D eigenvalue weighted by Crippen LogP contribution is 2.38. The predicted octanol–water partition coefficient (Wildman–Crippen LogP) is 5.17. The molecule has 0 saturated carbocycles. The third-order valence-corrected chi connectivity index (χ3v) is 4.40. The van der Waals surface area contributed by atoms with Crippen LogP contribution in [0.3, 0.4) is 0 Å². The standard InChI is InChI=1S/C13H5ClF4N2S/c14-12-11-9(19-5-20-12)4-10(21-11)6-1-2-8(15)7(3-6)13(16,17)18/h1-5H. The molecule has 0 amide bonds. The molecule has 0 aliphatic carbocycles. The van der Waals surface area contributed by atoms with E-state index in [1.54, 1.807) is 6.07 Å². The Balaban J connectivity index is 2.17. The minimum Gasteiger partial charge on any atom is -0.235 e. The Morgan fingerprint density at radius 3 is 2.52 bits per heavy atom. The molecule has 0 aliphatic rings. The van der Waals surface area contributed by atoms with E-state index in [0.717, 1.165) is 23.5 Å². The highest BCUT2D eigenvalue weighted by atomic mass is 35.5. The van der Waals surface area contributed by atoms with Crippen molar-refractivity contribution in [3.8, 4) is 10.4 Å². The highest BCUT2D eigenvalue weighted by molar-refractivity contribution is 7.22. The van der Waals surface area contributed by atoms with Gasteiger partial charge in [0.05, 0.1) is 15.8 Å². The molecule has 2 aromatic heterocycles. The van der Waals surface area contributed by atoms with Crippen LogP contribution in [-0.2, 0) is 6.18 Å². The zero-order valence-corrected chi connectivity index (χ0v) is 11.7. The third kappa shape index (κ3) is 2.58. The summed E-state index contributed by atoms with van der Waals surface area (Å²) in [7, 11) is 0. The van der Waals surface area contributed by atoms with E-state index in [1.807, 2.05) is 0 Å². The van der Waals surface area contributed by atoms with Crippen molar-refractivity contribution in [2.24, 2.45) is 0 Å². The molecule has 0 atom stereocenters. The molecule has 0 N–H and O–H groups in total. The summed E-state index contributed by atoms with van der Waals surface area (Å²) in [4.78, 5) is 8.32. The summed E-state index contributed by atoms with van der Waals surface area (Å²) in [5, 5.41) is 0.231. The van der Waals surface area contributed by atoms with Crippen molar-refractivity contribution in [2.75, 3.05) is 0 Å². The molecular formula is C13H5ClF4N2S. The van der Waals surface area contributed by atoms with Gasteiger partial charge in [-0.15, -0.1) is 11.3 Å². The zero-order valence-electron chi connectivity index (χ0n) is 10.1. The predicted molar refractivity (Wildman–Crippen MR) is 72.8 cm³/mol. The maximum atomic E-state index is 13.3. The molecule has 0 aliphatic heterocycles. The number of halogens is 5. The summed E-state index contributed by atoms with van der Waals surface area (Å²) >= 11 is 7.06. The molecule has 3 rings (SSSR count). The summed E-state index contributed by atoms with van der Waals surface area (Å²) in [6.07, 6.45) is -3.47. The van der Waals surface area contributed by atoms with Crippen LogP contribution < -0.4 is 0 Å². The van der Waals surface area contributed by atoms with Gasteiger partial charge in [-0.2, -0.15) is 13.2 Å². The minimum atomic E-state index is -4.74. The number of thiophene rings is 1. The van der Waals surface area contributed by atoms with E-state index < -0.39 is 17.6 Å². The van der Waals surface area contributed by atoms with Crippen LogP contribution in [0.25, 0.3) is 20.7 Å². The molecule has 2 nitrogen and oxygen atoms in total. The van der Waals surface area contributed by atoms with E-state index in [2.05, 4.69) is 9.97 Å². The second-order valence-electron chi connectivity index (χ2n) is 4.18. The first-order valence-corrected chi connectivity index (χ1v) is 6.83. The molecule has 108 valence electrons. The summed E-state index contributed by atoms with van der Waals surface area (Å²) < 4.78 is 52.1. The minimum absolute atomic E-state index is 0.231. The van der Waals surface area contributed by atoms with Crippen molar-refractivity contribution < 1.29 is 17.6 Å². The molecule has 0 fully saturated rings. The van der Waals surface area contributed by atoms with Gasteiger partial charge in [0.15, 0.2) is 0 Å². The second-order valence-corrected chi connectivity index (χ2v) is 5.59. The lowest BCUT2D eigenvalue weighted by molar-refractivity contribution is -0.139. The molecule has 8 heteroatoms. The third-order valence-electron chi connectivity index (χ3n) is 2.82. The molecule has 0 radical (unpaired) electrons. The number of hydrogen-bond acceptors (Lipinski definition) is 3. The van der Waals surface area contributed by atoms with Gasteiger partial charge in [0.25, 0.3) is 0 Å². The van der Waals surface area contributed by atoms with E-state index in [0.29, 0.717) is 15.1 Å². The molecule has 0 saturated heterocycles. The largest absolute Gasteiger partial charge is 0.419 e. The maximum Gasteiger partial charge on any atom is 0.419 e. The lowest BCUT2D eigenvalue weighted by Gasteiger charge is -2.09. The summed E-state index contributed by atoms with van der Waals surface area (Å²) in [6, 6.07) is 4.47. The summed E-state index contributed by atoms with van der Waals surface area (Å²) in [6.45, 7) is 0. The van der Waals surface area contributed by atoms with Crippen LogP contribution >= 0.6 is 22.9 Å². The number of hydrogen-bond donors (Lipinski definition) is 0. The van der Waals surface area contributed by atoms with Crippen LogP contribution in [0.2, 0.25) is 5.15 Å². The van der Waals surface area contributed by atoms with Crippen LogP contribution in [0.1, 0.15) is 5.56 Å². The smallest absolute Gasteiger partial charge is 0.235 e. The topological polar surface area (TPSA) is 25.8 Å². The Hall–Kier alpha value is -1.73. The van der Waals surface area contributed by atoms with Gasteiger partial charge in [0, 0.05) is 4.88 Å². The summed E-state index contributed by atoms with van der Waals surface area (Å²) in [5.74, 6) is -1.30. The number of alkyl halides is 3. The number of nitrogens with zero attached hydrogens (tertiary/aromatic N) is 2. The SMILES string of the molecule is Fc1ccc(-c2cc3ncnc(Cl)c3s2)cc1C(F)(F)F. The lowest BCUT2D eigenvalue weighted by atomic mass is 10.1. The van der Waals surface area contributed by atoms with Crippen molar-refractivity contribution in [3.63, 3.8) is 0 Å². The quantitative estimate of drug-likeness (QED) is 0.454. The van der Waals surface area contributed by atoms with E-state index in [4.69, 9.17) is 11.6 Å². The monoisotopic (exact) mass is 332 g/mol. The summed E-state index contributed by atoms with van der Waals surface area (Å²) in [5.41, 5.74) is -0.509. The van der Waals surface area contributed by atoms with Crippen LogP contribution in [0.15, 0.2) is 30.6 Å². The fourth-order valence-electron chi connectivity index (χ4n) is 1.86. The average molecular weight is 333 g/mol. The fraction of sp³-hybridized carbons (Fsp3) is 0.0769. The van der Waals surface area contributed by atoms with Crippen molar-refractivity contribution in [3.05, 3.63) is 47.1 Å². The van der Waals surface area contributed by atoms with Gasteiger partial charge in [0.1, 0.15) is 17.3 Å². The molecule has 0 unspecified atom stereocenters. The van der Waals surface area contributed by atoms with Crippen molar-refractivity contribution >= 4 is 33.2 Å². The second kappa shape index (κ2) is 4.92. The van der Waals surface area contributed by atoms with Crippen molar-refractivity contribution in [1.82, 2.24) is 9.97 Å². The fourth-order valence-corrected chi connectivity index (χ4v) is 3.11. The molecule has 0 bridgehead atoms. The van der Waals surface area contributed by atoms with E-state index in [-0.39, 0.29) is 10.7 Å². The zero-order chi connectivity index (χ0) is 15.2. The van der Waals surface area contributed by atoms with Crippen LogP contribution in [-0.4, -0.2) is 9.97 Å². The van der Waals surface area contributed by atoms with Gasteiger partial charge >= 0.3 is 6.18 Å². The number of rotatable bonds is 1. The van der Waals surface area contributed by atoms with Gasteiger partial charge in [-0.05, 0) is 23.8 Å². The molecule has 21 heavy (non-hydrogen) atoms. The number of aromatic nitrogens is 2. The molecule has 1 aromatic carbocycles. The first kappa shape index (κ1) is 14.2. The van der Waals surface area contributed by atoms with Crippen molar-refractivity contribution in [1.29, 1.82) is 0 Å². The first-order valence-electron chi connectivity index (χ1n) is 5.63. The molecule has 2 heterocycles. The molecule has 0 spiro atoms. The maximum absolute atomic E-state index is 13.3. The van der Waals surface area contributed by atoms with Gasteiger partial charge in [-0.3, -0.25) is 0 Å². The Morgan fingerprint density at radius 1 is 1.10 bits per heavy atom. The normalized spacial score (nSPS) is 12.0. The van der Waals surface area contributed by atoms with Crippen LogP contribution in [0, 0.1) is 5.82 Å². The highest BCUT2D eigenvalue weighted by Gasteiger charge is 2.34. The average Bonchev–Trinajstić information content (AvgIpc) is 2.83. The Kier molecular flexibility index (Phi) is 3.33. The molecule has 3 aromatic rings. The Morgan fingerprint density at radius 2 is 1.86 bits per heavy atom. The van der Waals surface area contributed by atoms with Gasteiger partial charge < -0.3 is 0 Å².